The first-order valence-corrected chi connectivity index (χ1v) is 3.64. The first-order chi connectivity index (χ1) is 3.41. The third-order valence-electron chi connectivity index (χ3n) is 0. The Bertz CT molecular complexity index is 106. The molecule has 0 saturated heterocycles. The first-order valence-electron chi connectivity index (χ1n) is 1.42. The summed E-state index contributed by atoms with van der Waals surface area (Å²) >= 11 is 0. The molecule has 0 amide bonds. The minimum absolute atomic E-state index is 0.167. The first kappa shape index (κ1) is 11.1. The summed E-state index contributed by atoms with van der Waals surface area (Å²) in [6.45, 7) is 0. The maximum atomic E-state index is 8.74. The monoisotopic (exact) mass is 162 g/mol. The van der Waals surface area contributed by atoms with E-state index < -0.39 is 10.4 Å². The smallest absolute Gasteiger partial charge is 0.392 e. The molecule has 0 aromatic carbocycles. The van der Waals surface area contributed by atoms with Crippen molar-refractivity contribution < 1.29 is 22.6 Å². The number of rotatable bonds is 0. The summed E-state index contributed by atoms with van der Waals surface area (Å²) in [6, 6.07) is 0. The van der Waals surface area contributed by atoms with Gasteiger partial charge in [0.05, 0.1) is 6.35 Å². The van der Waals surface area contributed by atoms with Crippen LogP contribution in [0.15, 0.2) is 0 Å². The minimum atomic E-state index is -4.67. The Hall–Kier alpha value is 0.260. The van der Waals surface area contributed by atoms with E-state index in [1.165, 1.54) is 0 Å². The largest absolute Gasteiger partial charge is 0.394 e. The molecule has 0 saturated carbocycles. The van der Waals surface area contributed by atoms with Crippen LogP contribution in [0.4, 0.5) is 0 Å². The summed E-state index contributed by atoms with van der Waals surface area (Å²) in [7, 11) is -2.53. The molecule has 0 fully saturated rings. The van der Waals surface area contributed by atoms with Gasteiger partial charge in [0.25, 0.3) is 0 Å². The van der Waals surface area contributed by atoms with E-state index in [9.17, 15) is 0 Å². The van der Waals surface area contributed by atoms with Crippen LogP contribution in [-0.2, 0) is 10.4 Å². The fourth-order valence-electron chi connectivity index (χ4n) is 0. The molecule has 0 aliphatic heterocycles. The molecule has 0 radical (unpaired) electrons. The fraction of sp³-hybridized carbons (Fsp3) is 1.00. The lowest BCUT2D eigenvalue weighted by Crippen LogP contribution is -1.89. The summed E-state index contributed by atoms with van der Waals surface area (Å²) in [5, 5.41) is 7.53. The summed E-state index contributed by atoms with van der Waals surface area (Å²) in [5.74, 6) is 0. The molecule has 52 valence electrons. The topological polar surface area (TPSA) is 94.8 Å². The highest BCUT2D eigenvalue weighted by molar-refractivity contribution is 7.79. The molecule has 0 aromatic rings. The van der Waals surface area contributed by atoms with Crippen LogP contribution in [0, 0.1) is 0 Å². The standard InChI is InChI=1S/CH5OP.H2O4S/c2-1-3;1-5(2,3)4/h2H,1,3H2;(H2,1,2,3,4). The van der Waals surface area contributed by atoms with Gasteiger partial charge in [0.2, 0.25) is 0 Å². The molecule has 0 aliphatic carbocycles. The molecule has 3 N–H and O–H groups in total. The average molecular weight is 162 g/mol. The number of aliphatic hydroxyl groups is 1. The molecule has 1 unspecified atom stereocenters. The zero-order valence-electron chi connectivity index (χ0n) is 3.85. The van der Waals surface area contributed by atoms with Gasteiger partial charge in [-0.15, -0.1) is 9.24 Å². The predicted octanol–water partition coefficient (Wildman–Crippen LogP) is -0.842. The summed E-state index contributed by atoms with van der Waals surface area (Å²) in [6.07, 6.45) is 0.167. The average Bonchev–Trinajstić information content (AvgIpc) is 1.27. The van der Waals surface area contributed by atoms with E-state index >= 15 is 0 Å². The highest BCUT2D eigenvalue weighted by atomic mass is 32.3. The van der Waals surface area contributed by atoms with Crippen molar-refractivity contribution in [2.24, 2.45) is 0 Å². The predicted molar refractivity (Wildman–Crippen MR) is 31.0 cm³/mol. The molecule has 0 rings (SSSR count). The van der Waals surface area contributed by atoms with Gasteiger partial charge in [0.15, 0.2) is 0 Å². The molecule has 0 bridgehead atoms. The van der Waals surface area contributed by atoms with Crippen molar-refractivity contribution in [3.05, 3.63) is 0 Å². The summed E-state index contributed by atoms with van der Waals surface area (Å²) in [5.41, 5.74) is 0. The Morgan fingerprint density at radius 2 is 1.38 bits per heavy atom. The highest BCUT2D eigenvalue weighted by Crippen LogP contribution is 1.63. The summed E-state index contributed by atoms with van der Waals surface area (Å²) < 4.78 is 31.6. The lowest BCUT2D eigenvalue weighted by atomic mass is 11.7. The van der Waals surface area contributed by atoms with Crippen LogP contribution in [0.3, 0.4) is 0 Å². The van der Waals surface area contributed by atoms with Crippen LogP contribution < -0.4 is 0 Å². The second kappa shape index (κ2) is 5.40. The Morgan fingerprint density at radius 1 is 1.38 bits per heavy atom. The highest BCUT2D eigenvalue weighted by Gasteiger charge is 1.84. The van der Waals surface area contributed by atoms with Gasteiger partial charge in [-0.25, -0.2) is 0 Å². The molecule has 7 heteroatoms. The maximum Gasteiger partial charge on any atom is 0.394 e. The van der Waals surface area contributed by atoms with E-state index in [4.69, 9.17) is 22.6 Å². The van der Waals surface area contributed by atoms with Crippen molar-refractivity contribution in [1.82, 2.24) is 0 Å². The van der Waals surface area contributed by atoms with Gasteiger partial charge in [-0.3, -0.25) is 9.11 Å². The molecule has 0 heterocycles. The zero-order valence-corrected chi connectivity index (χ0v) is 5.82. The van der Waals surface area contributed by atoms with E-state index in [-0.39, 0.29) is 6.35 Å². The van der Waals surface area contributed by atoms with Crippen molar-refractivity contribution in [1.29, 1.82) is 0 Å². The van der Waals surface area contributed by atoms with E-state index in [0.29, 0.717) is 0 Å². The summed E-state index contributed by atoms with van der Waals surface area (Å²) in [4.78, 5) is 0. The van der Waals surface area contributed by atoms with E-state index in [2.05, 4.69) is 9.24 Å². The third kappa shape index (κ3) is 2560. The van der Waals surface area contributed by atoms with E-state index in [0.717, 1.165) is 0 Å². The van der Waals surface area contributed by atoms with Crippen molar-refractivity contribution in [3.8, 4) is 0 Å². The van der Waals surface area contributed by atoms with E-state index in [1.807, 2.05) is 0 Å². The second-order valence-corrected chi connectivity index (χ2v) is 1.89. The van der Waals surface area contributed by atoms with Gasteiger partial charge >= 0.3 is 10.4 Å². The number of hydrogen-bond donors (Lipinski definition) is 3. The Morgan fingerprint density at radius 3 is 1.38 bits per heavy atom. The van der Waals surface area contributed by atoms with Crippen molar-refractivity contribution >= 4 is 19.6 Å². The SMILES string of the molecule is O=S(=O)(O)O.OCP. The molecule has 1 atom stereocenters. The second-order valence-electron chi connectivity index (χ2n) is 0.630. The Kier molecular flexibility index (Phi) is 7.50. The third-order valence-corrected chi connectivity index (χ3v) is 0. The van der Waals surface area contributed by atoms with Crippen LogP contribution in [-0.4, -0.2) is 29.0 Å². The van der Waals surface area contributed by atoms with Crippen molar-refractivity contribution in [2.75, 3.05) is 6.35 Å². The quantitative estimate of drug-likeness (QED) is 0.319. The van der Waals surface area contributed by atoms with Gasteiger partial charge in [-0.05, 0) is 0 Å². The van der Waals surface area contributed by atoms with Crippen LogP contribution in [0.2, 0.25) is 0 Å². The molecule has 5 nitrogen and oxygen atoms in total. The fourth-order valence-corrected chi connectivity index (χ4v) is 0. The van der Waals surface area contributed by atoms with E-state index in [1.54, 1.807) is 0 Å². The number of aliphatic hydroxyl groups excluding tert-OH is 1. The normalized spacial score (nSPS) is 9.50. The van der Waals surface area contributed by atoms with Crippen molar-refractivity contribution in [2.45, 2.75) is 0 Å². The van der Waals surface area contributed by atoms with Gasteiger partial charge in [-0.2, -0.15) is 8.42 Å². The molecule has 0 spiro atoms. The van der Waals surface area contributed by atoms with Crippen LogP contribution >= 0.6 is 9.24 Å². The zero-order chi connectivity index (χ0) is 7.21. The van der Waals surface area contributed by atoms with Gasteiger partial charge in [-0.1, -0.05) is 0 Å². The van der Waals surface area contributed by atoms with Gasteiger partial charge < -0.3 is 5.11 Å². The molecule has 0 aromatic heterocycles. The van der Waals surface area contributed by atoms with Gasteiger partial charge in [0.1, 0.15) is 0 Å². The molecule has 0 aliphatic rings. The maximum absolute atomic E-state index is 8.74. The lowest BCUT2D eigenvalue weighted by molar-refractivity contribution is 0.374. The Balaban J connectivity index is 0. The van der Waals surface area contributed by atoms with Crippen LogP contribution in [0.5, 0.6) is 0 Å². The molecule has 8 heavy (non-hydrogen) atoms. The Labute approximate surface area is 49.5 Å². The minimum Gasteiger partial charge on any atom is -0.392 e. The molecular formula is CH7O5PS. The van der Waals surface area contributed by atoms with Gasteiger partial charge in [0, 0.05) is 0 Å². The number of hydrogen-bond acceptors (Lipinski definition) is 3. The van der Waals surface area contributed by atoms with Crippen LogP contribution in [0.1, 0.15) is 0 Å². The molecular weight excluding hydrogens is 155 g/mol. The van der Waals surface area contributed by atoms with Crippen LogP contribution in [0.25, 0.3) is 0 Å². The van der Waals surface area contributed by atoms with Crippen molar-refractivity contribution in [3.63, 3.8) is 0 Å². The lowest BCUT2D eigenvalue weighted by Gasteiger charge is -1.68.